The van der Waals surface area contributed by atoms with Gasteiger partial charge in [-0.15, -0.1) is 6.58 Å². The summed E-state index contributed by atoms with van der Waals surface area (Å²) < 4.78 is 50.6. The molecule has 150 valence electrons. The number of nitrogens with one attached hydrogen (secondary N) is 1. The third-order valence-electron chi connectivity index (χ3n) is 3.85. The van der Waals surface area contributed by atoms with Crippen molar-refractivity contribution in [1.82, 2.24) is 4.72 Å². The predicted octanol–water partition coefficient (Wildman–Crippen LogP) is 2.38. The van der Waals surface area contributed by atoms with Crippen molar-refractivity contribution < 1.29 is 32.2 Å². The maximum atomic E-state index is 12.9. The van der Waals surface area contributed by atoms with Crippen LogP contribution in [0.2, 0.25) is 0 Å². The maximum Gasteiger partial charge on any atom is 0.329 e. The number of halogens is 1. The van der Waals surface area contributed by atoms with Gasteiger partial charge in [0.25, 0.3) is 0 Å². The minimum atomic E-state index is -4.17. The molecule has 0 bridgehead atoms. The molecule has 0 aromatic heterocycles. The van der Waals surface area contributed by atoms with Gasteiger partial charge in [-0.1, -0.05) is 6.08 Å². The summed E-state index contributed by atoms with van der Waals surface area (Å²) in [6.07, 6.45) is 1.14. The van der Waals surface area contributed by atoms with Crippen molar-refractivity contribution in [1.29, 1.82) is 0 Å². The summed E-state index contributed by atoms with van der Waals surface area (Å²) in [7, 11) is -3.08. The van der Waals surface area contributed by atoms with Gasteiger partial charge in [0.2, 0.25) is 10.0 Å². The second kappa shape index (κ2) is 8.96. The number of ether oxygens (including phenoxy) is 2. The minimum absolute atomic E-state index is 0.148. The molecule has 28 heavy (non-hydrogen) atoms. The Morgan fingerprint density at radius 1 is 1.18 bits per heavy atom. The number of benzene rings is 2. The summed E-state index contributed by atoms with van der Waals surface area (Å²) in [5.41, 5.74) is -1.88. The SMILES string of the molecule is C=CCC(CO)(NS(=O)(=O)c1ccc(Oc2ccc(F)cc2)cc1)C(=O)OC. The quantitative estimate of drug-likeness (QED) is 0.487. The van der Waals surface area contributed by atoms with Crippen molar-refractivity contribution in [3.8, 4) is 11.5 Å². The van der Waals surface area contributed by atoms with Crippen molar-refractivity contribution in [3.05, 3.63) is 67.0 Å². The van der Waals surface area contributed by atoms with Gasteiger partial charge in [-0.3, -0.25) is 0 Å². The van der Waals surface area contributed by atoms with Crippen LogP contribution in [0.15, 0.2) is 66.1 Å². The monoisotopic (exact) mass is 409 g/mol. The topological polar surface area (TPSA) is 102 Å². The molecule has 0 saturated heterocycles. The fraction of sp³-hybridized carbons (Fsp3) is 0.211. The van der Waals surface area contributed by atoms with Crippen LogP contribution in [0.1, 0.15) is 6.42 Å². The zero-order valence-corrected chi connectivity index (χ0v) is 15.9. The molecule has 0 spiro atoms. The molecular weight excluding hydrogens is 389 g/mol. The highest BCUT2D eigenvalue weighted by Gasteiger charge is 2.42. The first-order valence-electron chi connectivity index (χ1n) is 8.14. The molecule has 0 aliphatic carbocycles. The summed E-state index contributed by atoms with van der Waals surface area (Å²) in [5, 5.41) is 9.62. The summed E-state index contributed by atoms with van der Waals surface area (Å²) in [6, 6.07) is 10.7. The Labute approximate surface area is 162 Å². The van der Waals surface area contributed by atoms with Gasteiger partial charge in [0.1, 0.15) is 17.3 Å². The summed E-state index contributed by atoms with van der Waals surface area (Å²) >= 11 is 0. The second-order valence-electron chi connectivity index (χ2n) is 5.86. The molecule has 2 N–H and O–H groups in total. The van der Waals surface area contributed by atoms with Crippen LogP contribution in [0.4, 0.5) is 4.39 Å². The predicted molar refractivity (Wildman–Crippen MR) is 99.9 cm³/mol. The van der Waals surface area contributed by atoms with E-state index in [1.54, 1.807) is 0 Å². The molecule has 2 aromatic rings. The third kappa shape index (κ3) is 4.94. The molecule has 2 rings (SSSR count). The Bertz CT molecular complexity index is 928. The normalized spacial score (nSPS) is 13.4. The summed E-state index contributed by atoms with van der Waals surface area (Å²) in [4.78, 5) is 11.9. The maximum absolute atomic E-state index is 12.9. The van der Waals surface area contributed by atoms with Crippen molar-refractivity contribution in [2.24, 2.45) is 0 Å². The Kier molecular flexibility index (Phi) is 6.90. The van der Waals surface area contributed by atoms with Crippen LogP contribution >= 0.6 is 0 Å². The Hall–Kier alpha value is -2.75. The van der Waals surface area contributed by atoms with E-state index in [2.05, 4.69) is 16.0 Å². The number of hydrogen-bond donors (Lipinski definition) is 2. The number of methoxy groups -OCH3 is 1. The molecule has 2 aromatic carbocycles. The Morgan fingerprint density at radius 2 is 1.71 bits per heavy atom. The number of carbonyl (C=O) groups excluding carboxylic acids is 1. The van der Waals surface area contributed by atoms with Gasteiger partial charge < -0.3 is 14.6 Å². The molecule has 0 radical (unpaired) electrons. The van der Waals surface area contributed by atoms with E-state index in [0.717, 1.165) is 7.11 Å². The lowest BCUT2D eigenvalue weighted by Gasteiger charge is -2.28. The first kappa shape index (κ1) is 21.5. The largest absolute Gasteiger partial charge is 0.468 e. The van der Waals surface area contributed by atoms with Gasteiger partial charge in [0, 0.05) is 0 Å². The van der Waals surface area contributed by atoms with Crippen molar-refractivity contribution >= 4 is 16.0 Å². The smallest absolute Gasteiger partial charge is 0.329 e. The molecule has 0 aliphatic rings. The Morgan fingerprint density at radius 3 is 2.18 bits per heavy atom. The molecule has 0 saturated carbocycles. The van der Waals surface area contributed by atoms with E-state index in [4.69, 9.17) is 4.74 Å². The standard InChI is InChI=1S/C19H20FNO6S/c1-3-12-19(13-22,18(23)26-2)21-28(24,25)17-10-8-16(9-11-17)27-15-6-4-14(20)5-7-15/h3-11,21-22H,1,12-13H2,2H3. The van der Waals surface area contributed by atoms with Gasteiger partial charge >= 0.3 is 5.97 Å². The summed E-state index contributed by atoms with van der Waals surface area (Å²) in [5.74, 6) is -0.628. The number of aliphatic hydroxyl groups excluding tert-OH is 1. The lowest BCUT2D eigenvalue weighted by atomic mass is 9.98. The zero-order chi connectivity index (χ0) is 20.8. The second-order valence-corrected chi connectivity index (χ2v) is 7.54. The fourth-order valence-electron chi connectivity index (χ4n) is 2.41. The first-order valence-corrected chi connectivity index (χ1v) is 9.62. The molecule has 0 heterocycles. The molecular formula is C19H20FNO6S. The van der Waals surface area contributed by atoms with E-state index in [9.17, 15) is 22.7 Å². The molecule has 0 aliphatic heterocycles. The van der Waals surface area contributed by atoms with E-state index in [0.29, 0.717) is 11.5 Å². The Balaban J connectivity index is 2.23. The fourth-order valence-corrected chi connectivity index (χ4v) is 3.77. The molecule has 0 amide bonds. The lowest BCUT2D eigenvalue weighted by Crippen LogP contribution is -2.57. The van der Waals surface area contributed by atoms with Gasteiger partial charge in [-0.25, -0.2) is 17.6 Å². The highest BCUT2D eigenvalue weighted by Crippen LogP contribution is 2.24. The first-order chi connectivity index (χ1) is 13.3. The number of hydrogen-bond acceptors (Lipinski definition) is 6. The average molecular weight is 409 g/mol. The molecule has 7 nitrogen and oxygen atoms in total. The van der Waals surface area contributed by atoms with Crippen molar-refractivity contribution in [3.63, 3.8) is 0 Å². The number of rotatable bonds is 9. The average Bonchev–Trinajstić information content (AvgIpc) is 2.69. The molecule has 0 fully saturated rings. The van der Waals surface area contributed by atoms with E-state index in [1.807, 2.05) is 0 Å². The van der Waals surface area contributed by atoms with Crippen LogP contribution in [0.5, 0.6) is 11.5 Å². The van der Waals surface area contributed by atoms with Crippen molar-refractivity contribution in [2.75, 3.05) is 13.7 Å². The van der Waals surface area contributed by atoms with Gasteiger partial charge in [0.05, 0.1) is 18.6 Å². The van der Waals surface area contributed by atoms with E-state index in [-0.39, 0.29) is 11.3 Å². The van der Waals surface area contributed by atoms with Crippen LogP contribution in [0.3, 0.4) is 0 Å². The highest BCUT2D eigenvalue weighted by atomic mass is 32.2. The summed E-state index contributed by atoms with van der Waals surface area (Å²) in [6.45, 7) is 2.67. The van der Waals surface area contributed by atoms with Gasteiger partial charge in [-0.2, -0.15) is 4.72 Å². The third-order valence-corrected chi connectivity index (χ3v) is 5.40. The number of carbonyl (C=O) groups is 1. The number of sulfonamides is 1. The zero-order valence-electron chi connectivity index (χ0n) is 15.1. The highest BCUT2D eigenvalue weighted by molar-refractivity contribution is 7.89. The van der Waals surface area contributed by atoms with E-state index < -0.39 is 34.0 Å². The molecule has 9 heteroatoms. The number of esters is 1. The van der Waals surface area contributed by atoms with Gasteiger partial charge in [0.15, 0.2) is 5.54 Å². The van der Waals surface area contributed by atoms with Gasteiger partial charge in [-0.05, 0) is 55.0 Å². The van der Waals surface area contributed by atoms with Crippen LogP contribution in [-0.4, -0.2) is 38.7 Å². The van der Waals surface area contributed by atoms with Crippen LogP contribution < -0.4 is 9.46 Å². The lowest BCUT2D eigenvalue weighted by molar-refractivity contribution is -0.149. The van der Waals surface area contributed by atoms with E-state index >= 15 is 0 Å². The van der Waals surface area contributed by atoms with Crippen LogP contribution in [0, 0.1) is 5.82 Å². The van der Waals surface area contributed by atoms with Crippen LogP contribution in [-0.2, 0) is 19.6 Å². The number of aliphatic hydroxyl groups is 1. The van der Waals surface area contributed by atoms with Crippen molar-refractivity contribution in [2.45, 2.75) is 16.9 Å². The van der Waals surface area contributed by atoms with E-state index in [1.165, 1.54) is 54.6 Å². The minimum Gasteiger partial charge on any atom is -0.468 e. The molecule has 1 atom stereocenters. The van der Waals surface area contributed by atoms with Crippen LogP contribution in [0.25, 0.3) is 0 Å². The molecule has 1 unspecified atom stereocenters.